The highest BCUT2D eigenvalue weighted by Gasteiger charge is 2.47. The van der Waals surface area contributed by atoms with Crippen molar-refractivity contribution in [1.29, 1.82) is 0 Å². The highest BCUT2D eigenvalue weighted by Crippen LogP contribution is 2.42. The van der Waals surface area contributed by atoms with Crippen LogP contribution < -0.4 is 0 Å². The third-order valence-corrected chi connectivity index (χ3v) is 3.56. The quantitative estimate of drug-likeness (QED) is 0.725. The summed E-state index contributed by atoms with van der Waals surface area (Å²) in [4.78, 5) is 12.9. The lowest BCUT2D eigenvalue weighted by atomic mass is 9.73. The normalized spacial score (nSPS) is 25.3. The first-order chi connectivity index (χ1) is 6.70. The fourth-order valence-electron chi connectivity index (χ4n) is 3.29. The van der Waals surface area contributed by atoms with Crippen LogP contribution in [-0.4, -0.2) is 27.2 Å². The molecule has 1 fully saturated rings. The SMILES string of the molecule is CCC1CC(C)(C)N(C(=O)O)C(C)(C)C1. The molecule has 88 valence electrons. The lowest BCUT2D eigenvalue weighted by molar-refractivity contribution is -0.0334. The molecule has 0 saturated carbocycles. The van der Waals surface area contributed by atoms with E-state index in [4.69, 9.17) is 0 Å². The predicted molar refractivity (Wildman–Crippen MR) is 61.0 cm³/mol. The molecule has 0 aromatic carbocycles. The Hall–Kier alpha value is -0.730. The summed E-state index contributed by atoms with van der Waals surface area (Å²) >= 11 is 0. The van der Waals surface area contributed by atoms with Crippen LogP contribution in [0.2, 0.25) is 0 Å². The maximum absolute atomic E-state index is 11.3. The third kappa shape index (κ3) is 2.27. The van der Waals surface area contributed by atoms with Crippen molar-refractivity contribution >= 4 is 6.09 Å². The summed E-state index contributed by atoms with van der Waals surface area (Å²) < 4.78 is 0. The smallest absolute Gasteiger partial charge is 0.408 e. The molecule has 15 heavy (non-hydrogen) atoms. The van der Waals surface area contributed by atoms with Crippen molar-refractivity contribution in [3.05, 3.63) is 0 Å². The summed E-state index contributed by atoms with van der Waals surface area (Å²) in [6, 6.07) is 0. The van der Waals surface area contributed by atoms with Crippen LogP contribution in [0.25, 0.3) is 0 Å². The van der Waals surface area contributed by atoms with Gasteiger partial charge in [-0.15, -0.1) is 0 Å². The number of nitrogens with zero attached hydrogens (tertiary/aromatic N) is 1. The number of carboxylic acid groups (broad SMARTS) is 1. The Bertz CT molecular complexity index is 240. The van der Waals surface area contributed by atoms with Gasteiger partial charge in [0.1, 0.15) is 0 Å². The second-order valence-corrected chi connectivity index (χ2v) is 5.93. The molecule has 0 bridgehead atoms. The van der Waals surface area contributed by atoms with E-state index >= 15 is 0 Å². The van der Waals surface area contributed by atoms with Gasteiger partial charge >= 0.3 is 6.09 Å². The van der Waals surface area contributed by atoms with Gasteiger partial charge in [0.25, 0.3) is 0 Å². The summed E-state index contributed by atoms with van der Waals surface area (Å²) in [6.45, 7) is 10.3. The molecular weight excluding hydrogens is 190 g/mol. The summed E-state index contributed by atoms with van der Waals surface area (Å²) in [6.07, 6.45) is 2.29. The van der Waals surface area contributed by atoms with Gasteiger partial charge in [0.15, 0.2) is 0 Å². The minimum Gasteiger partial charge on any atom is -0.465 e. The van der Waals surface area contributed by atoms with Gasteiger partial charge in [-0.2, -0.15) is 0 Å². The van der Waals surface area contributed by atoms with Crippen LogP contribution in [0.15, 0.2) is 0 Å². The Morgan fingerprint density at radius 3 is 1.93 bits per heavy atom. The van der Waals surface area contributed by atoms with Crippen molar-refractivity contribution in [2.75, 3.05) is 0 Å². The predicted octanol–water partition coefficient (Wildman–Crippen LogP) is 3.34. The van der Waals surface area contributed by atoms with Gasteiger partial charge < -0.3 is 5.11 Å². The van der Waals surface area contributed by atoms with Gasteiger partial charge in [-0.25, -0.2) is 4.79 Å². The zero-order valence-corrected chi connectivity index (χ0v) is 10.5. The van der Waals surface area contributed by atoms with Crippen LogP contribution in [0.1, 0.15) is 53.9 Å². The molecule has 1 aliphatic rings. The number of likely N-dealkylation sites (tertiary alicyclic amines) is 1. The number of hydrogen-bond acceptors (Lipinski definition) is 1. The first kappa shape index (κ1) is 12.3. The second-order valence-electron chi connectivity index (χ2n) is 5.93. The Balaban J connectivity index is 3.00. The molecule has 0 radical (unpaired) electrons. The molecule has 0 spiro atoms. The van der Waals surface area contributed by atoms with Crippen molar-refractivity contribution in [2.24, 2.45) is 5.92 Å². The summed E-state index contributed by atoms with van der Waals surface area (Å²) in [5.74, 6) is 0.644. The number of piperidine rings is 1. The molecule has 1 aliphatic heterocycles. The van der Waals surface area contributed by atoms with E-state index in [0.29, 0.717) is 5.92 Å². The highest BCUT2D eigenvalue weighted by atomic mass is 16.4. The van der Waals surface area contributed by atoms with Crippen molar-refractivity contribution in [3.63, 3.8) is 0 Å². The van der Waals surface area contributed by atoms with E-state index in [0.717, 1.165) is 19.3 Å². The standard InChI is InChI=1S/C12H23NO2/c1-6-9-7-11(2,3)13(10(14)15)12(4,5)8-9/h9H,6-8H2,1-5H3,(H,14,15). The molecule has 0 aromatic heterocycles. The van der Waals surface area contributed by atoms with E-state index in [2.05, 4.69) is 6.92 Å². The van der Waals surface area contributed by atoms with E-state index in [1.54, 1.807) is 4.90 Å². The Kier molecular flexibility index (Phi) is 3.04. The maximum atomic E-state index is 11.3. The van der Waals surface area contributed by atoms with Gasteiger partial charge in [-0.3, -0.25) is 4.90 Å². The molecule has 1 saturated heterocycles. The molecule has 1 N–H and O–H groups in total. The van der Waals surface area contributed by atoms with Crippen LogP contribution in [0.5, 0.6) is 0 Å². The molecule has 1 rings (SSSR count). The number of rotatable bonds is 1. The van der Waals surface area contributed by atoms with Gasteiger partial charge in [0, 0.05) is 11.1 Å². The number of amides is 1. The Morgan fingerprint density at radius 1 is 1.27 bits per heavy atom. The van der Waals surface area contributed by atoms with E-state index < -0.39 is 6.09 Å². The third-order valence-electron chi connectivity index (χ3n) is 3.56. The fraction of sp³-hybridized carbons (Fsp3) is 0.917. The lowest BCUT2D eigenvalue weighted by Crippen LogP contribution is -2.62. The van der Waals surface area contributed by atoms with Gasteiger partial charge in [-0.1, -0.05) is 13.3 Å². The van der Waals surface area contributed by atoms with E-state index in [1.807, 2.05) is 27.7 Å². The zero-order valence-electron chi connectivity index (χ0n) is 10.5. The minimum atomic E-state index is -0.792. The van der Waals surface area contributed by atoms with Crippen molar-refractivity contribution in [2.45, 2.75) is 65.0 Å². The highest BCUT2D eigenvalue weighted by molar-refractivity contribution is 5.67. The van der Waals surface area contributed by atoms with Crippen molar-refractivity contribution < 1.29 is 9.90 Å². The Morgan fingerprint density at radius 2 is 1.67 bits per heavy atom. The zero-order chi connectivity index (χ0) is 11.9. The van der Waals surface area contributed by atoms with Crippen molar-refractivity contribution in [3.8, 4) is 0 Å². The molecule has 1 heterocycles. The second kappa shape index (κ2) is 3.69. The van der Waals surface area contributed by atoms with Crippen LogP contribution in [0, 0.1) is 5.92 Å². The Labute approximate surface area is 92.5 Å². The molecule has 1 amide bonds. The molecule has 0 unspecified atom stereocenters. The van der Waals surface area contributed by atoms with E-state index in [1.165, 1.54) is 0 Å². The summed E-state index contributed by atoms with van der Waals surface area (Å²) in [5.41, 5.74) is -0.484. The van der Waals surface area contributed by atoms with Gasteiger partial charge in [0.05, 0.1) is 0 Å². The molecule has 0 atom stereocenters. The average Bonchev–Trinajstić information content (AvgIpc) is 1.97. The molecule has 0 aliphatic carbocycles. The van der Waals surface area contributed by atoms with Crippen LogP contribution in [0.3, 0.4) is 0 Å². The summed E-state index contributed by atoms with van der Waals surface area (Å²) in [5, 5.41) is 9.29. The summed E-state index contributed by atoms with van der Waals surface area (Å²) in [7, 11) is 0. The minimum absolute atomic E-state index is 0.242. The maximum Gasteiger partial charge on any atom is 0.408 e. The van der Waals surface area contributed by atoms with E-state index in [-0.39, 0.29) is 11.1 Å². The molecule has 3 nitrogen and oxygen atoms in total. The molecule has 0 aromatic rings. The van der Waals surface area contributed by atoms with E-state index in [9.17, 15) is 9.90 Å². The fourth-order valence-corrected chi connectivity index (χ4v) is 3.29. The van der Waals surface area contributed by atoms with Crippen LogP contribution in [0.4, 0.5) is 4.79 Å². The average molecular weight is 213 g/mol. The molecule has 3 heteroatoms. The van der Waals surface area contributed by atoms with Gasteiger partial charge in [0.2, 0.25) is 0 Å². The molecular formula is C12H23NO2. The first-order valence-electron chi connectivity index (χ1n) is 5.74. The van der Waals surface area contributed by atoms with Gasteiger partial charge in [-0.05, 0) is 46.5 Å². The van der Waals surface area contributed by atoms with Crippen molar-refractivity contribution in [1.82, 2.24) is 4.90 Å². The monoisotopic (exact) mass is 213 g/mol. The number of carbonyl (C=O) groups is 1. The number of hydrogen-bond donors (Lipinski definition) is 1. The lowest BCUT2D eigenvalue weighted by Gasteiger charge is -2.53. The van der Waals surface area contributed by atoms with Crippen LogP contribution in [-0.2, 0) is 0 Å². The first-order valence-corrected chi connectivity index (χ1v) is 5.74. The van der Waals surface area contributed by atoms with Crippen LogP contribution >= 0.6 is 0 Å². The topological polar surface area (TPSA) is 40.5 Å². The largest absolute Gasteiger partial charge is 0.465 e.